The first-order valence-corrected chi connectivity index (χ1v) is 12.9. The molecule has 0 aromatic heterocycles. The van der Waals surface area contributed by atoms with Crippen molar-refractivity contribution in [2.45, 2.75) is 47.1 Å². The van der Waals surface area contributed by atoms with Gasteiger partial charge in [-0.05, 0) is 88.1 Å². The van der Waals surface area contributed by atoms with Crippen LogP contribution in [-0.2, 0) is 0 Å². The summed E-state index contributed by atoms with van der Waals surface area (Å²) >= 11 is 0. The molecule has 0 unspecified atom stereocenters. The van der Waals surface area contributed by atoms with E-state index >= 15 is 0 Å². The first kappa shape index (κ1) is 26.9. The lowest BCUT2D eigenvalue weighted by Crippen LogP contribution is -2.32. The summed E-state index contributed by atoms with van der Waals surface area (Å²) in [5.41, 5.74) is 9.35. The van der Waals surface area contributed by atoms with Crippen molar-refractivity contribution in [3.63, 3.8) is 0 Å². The van der Waals surface area contributed by atoms with Gasteiger partial charge >= 0.3 is 0 Å². The van der Waals surface area contributed by atoms with Gasteiger partial charge in [-0.1, -0.05) is 48.6 Å². The molecule has 38 heavy (non-hydrogen) atoms. The third-order valence-electron chi connectivity index (χ3n) is 6.78. The second-order valence-corrected chi connectivity index (χ2v) is 10.2. The number of rotatable bonds is 3. The number of ether oxygens (including phenoxy) is 2. The maximum absolute atomic E-state index is 10.6. The first-order chi connectivity index (χ1) is 18.1. The van der Waals surface area contributed by atoms with Crippen LogP contribution in [0.1, 0.15) is 63.8 Å². The fourth-order valence-electron chi connectivity index (χ4n) is 5.23. The van der Waals surface area contributed by atoms with Crippen molar-refractivity contribution in [3.05, 3.63) is 95.6 Å². The normalized spacial score (nSPS) is 15.9. The van der Waals surface area contributed by atoms with Crippen LogP contribution < -0.4 is 14.8 Å². The maximum atomic E-state index is 10.6. The number of hydrogen-bond acceptors (Lipinski definition) is 4. The number of nitrogens with one attached hydrogen (secondary N) is 1. The van der Waals surface area contributed by atoms with Crippen LogP contribution in [0.15, 0.2) is 73.3 Å². The fourth-order valence-corrected chi connectivity index (χ4v) is 5.23. The minimum absolute atomic E-state index is 0.0894. The lowest BCUT2D eigenvalue weighted by Gasteiger charge is -2.35. The summed E-state index contributed by atoms with van der Waals surface area (Å²) in [6.07, 6.45) is 8.24. The monoisotopic (exact) mass is 507 g/mol. The van der Waals surface area contributed by atoms with Gasteiger partial charge in [-0.15, -0.1) is 6.58 Å². The third kappa shape index (κ3) is 4.87. The average Bonchev–Trinajstić information content (AvgIpc) is 2.88. The molecular weight excluding hydrogens is 470 g/mol. The van der Waals surface area contributed by atoms with E-state index in [2.05, 4.69) is 95.1 Å². The van der Waals surface area contributed by atoms with Crippen LogP contribution in [0.4, 0.5) is 5.69 Å². The first-order valence-electron chi connectivity index (χ1n) is 12.9. The van der Waals surface area contributed by atoms with E-state index in [0.29, 0.717) is 11.5 Å². The number of anilines is 1. The van der Waals surface area contributed by atoms with Gasteiger partial charge in [-0.25, -0.2) is 0 Å². The van der Waals surface area contributed by atoms with Crippen molar-refractivity contribution in [1.82, 2.24) is 0 Å². The molecular formula is C34H37NO3. The van der Waals surface area contributed by atoms with Crippen LogP contribution in [0.25, 0.3) is 34.1 Å². The molecule has 0 atom stereocenters. The summed E-state index contributed by atoms with van der Waals surface area (Å²) in [6, 6.07) is 16.0. The van der Waals surface area contributed by atoms with Crippen LogP contribution in [-0.4, -0.2) is 17.8 Å². The Morgan fingerprint density at radius 1 is 1.03 bits per heavy atom. The highest BCUT2D eigenvalue weighted by atomic mass is 16.5. The van der Waals surface area contributed by atoms with Crippen LogP contribution in [0.3, 0.4) is 0 Å². The molecule has 2 aliphatic rings. The summed E-state index contributed by atoms with van der Waals surface area (Å²) in [5.74, 6) is 1.93. The van der Waals surface area contributed by atoms with Gasteiger partial charge in [0.05, 0.1) is 18.2 Å². The summed E-state index contributed by atoms with van der Waals surface area (Å²) in [5, 5.41) is 14.2. The minimum Gasteiger partial charge on any atom is -0.504 e. The molecule has 2 heterocycles. The molecule has 0 bridgehead atoms. The van der Waals surface area contributed by atoms with Gasteiger partial charge in [-0.3, -0.25) is 0 Å². The number of allylic oxidation sites excluding steroid dienone is 4. The fraction of sp³-hybridized carbons (Fsp3) is 0.235. The molecule has 2 aliphatic heterocycles. The van der Waals surface area contributed by atoms with E-state index < -0.39 is 0 Å². The van der Waals surface area contributed by atoms with Crippen LogP contribution in [0.5, 0.6) is 17.2 Å². The molecule has 0 saturated carbocycles. The topological polar surface area (TPSA) is 50.7 Å². The van der Waals surface area contributed by atoms with Crippen molar-refractivity contribution < 1.29 is 14.6 Å². The second kappa shape index (κ2) is 10.7. The van der Waals surface area contributed by atoms with Crippen LogP contribution in [0.2, 0.25) is 0 Å². The number of benzene rings is 3. The predicted octanol–water partition coefficient (Wildman–Crippen LogP) is 9.18. The lowest BCUT2D eigenvalue weighted by molar-refractivity contribution is 0.371. The number of methoxy groups -OCH3 is 1. The molecule has 0 saturated heterocycles. The largest absolute Gasteiger partial charge is 0.504 e. The molecule has 0 aliphatic carbocycles. The summed E-state index contributed by atoms with van der Waals surface area (Å²) < 4.78 is 12.2. The van der Waals surface area contributed by atoms with Gasteiger partial charge in [-0.2, -0.15) is 0 Å². The van der Waals surface area contributed by atoms with Gasteiger partial charge in [0.1, 0.15) is 11.5 Å². The van der Waals surface area contributed by atoms with Crippen molar-refractivity contribution in [1.29, 1.82) is 0 Å². The molecule has 3 aromatic rings. The Morgan fingerprint density at radius 2 is 1.74 bits per heavy atom. The molecule has 2 N–H and O–H groups in total. The van der Waals surface area contributed by atoms with E-state index in [9.17, 15) is 5.11 Å². The molecule has 196 valence electrons. The van der Waals surface area contributed by atoms with Gasteiger partial charge in [0.25, 0.3) is 0 Å². The number of hydrogen-bond donors (Lipinski definition) is 2. The van der Waals surface area contributed by atoms with E-state index in [0.717, 1.165) is 44.8 Å². The summed E-state index contributed by atoms with van der Waals surface area (Å²) in [7, 11) is 1.57. The standard InChI is InChI=1S/C31H31NO3.C3H6/c1-7-18(2)21-11-9-8-10-20(21)16-26-28-22(29-25(35-26)15-14-24(33)30(29)34-6)12-13-23-27(28)19(3)17-31(4,5)32-23;1-3-2/h7-17,32-33H,1-6H3;3H,1H2,2H3/b18-7+,26-16-;. The molecule has 4 heteroatoms. The Balaban J connectivity index is 0.00000107. The lowest BCUT2D eigenvalue weighted by atomic mass is 9.82. The Hall–Kier alpha value is -4.18. The smallest absolute Gasteiger partial charge is 0.172 e. The minimum atomic E-state index is -0.159. The predicted molar refractivity (Wildman–Crippen MR) is 162 cm³/mol. The van der Waals surface area contributed by atoms with E-state index in [1.165, 1.54) is 11.1 Å². The summed E-state index contributed by atoms with van der Waals surface area (Å²) in [6.45, 7) is 15.9. The van der Waals surface area contributed by atoms with Crippen molar-refractivity contribution in [3.8, 4) is 28.4 Å². The summed E-state index contributed by atoms with van der Waals surface area (Å²) in [4.78, 5) is 0. The highest BCUT2D eigenvalue weighted by Crippen LogP contribution is 2.54. The third-order valence-corrected chi connectivity index (χ3v) is 6.78. The van der Waals surface area contributed by atoms with Crippen LogP contribution >= 0.6 is 0 Å². The molecule has 0 spiro atoms. The van der Waals surface area contributed by atoms with Crippen LogP contribution in [0, 0.1) is 0 Å². The molecule has 0 radical (unpaired) electrons. The highest BCUT2D eigenvalue weighted by molar-refractivity contribution is 6.02. The van der Waals surface area contributed by atoms with Gasteiger partial charge in [0.15, 0.2) is 11.5 Å². The molecule has 5 rings (SSSR count). The quantitative estimate of drug-likeness (QED) is 0.347. The SMILES string of the molecule is C/C=C(\C)c1ccccc1/C=C1\Oc2ccc(O)c(OC)c2-c2ccc3c(c21)C(C)=CC(C)(C)N3.C=CC. The zero-order valence-electron chi connectivity index (χ0n) is 23.4. The maximum Gasteiger partial charge on any atom is 0.172 e. The van der Waals surface area contributed by atoms with E-state index in [1.807, 2.05) is 13.0 Å². The average molecular weight is 508 g/mol. The zero-order valence-corrected chi connectivity index (χ0v) is 23.4. The van der Waals surface area contributed by atoms with Crippen molar-refractivity contribution >= 4 is 28.7 Å². The van der Waals surface area contributed by atoms with Gasteiger partial charge in [0, 0.05) is 22.4 Å². The van der Waals surface area contributed by atoms with Gasteiger partial charge in [0.2, 0.25) is 0 Å². The Kier molecular flexibility index (Phi) is 7.54. The molecule has 0 fully saturated rings. The molecule has 0 amide bonds. The number of aromatic hydroxyl groups is 1. The van der Waals surface area contributed by atoms with E-state index in [1.54, 1.807) is 25.3 Å². The highest BCUT2D eigenvalue weighted by Gasteiger charge is 2.33. The van der Waals surface area contributed by atoms with E-state index in [-0.39, 0.29) is 11.3 Å². The molecule has 3 aromatic carbocycles. The Morgan fingerprint density at radius 3 is 2.42 bits per heavy atom. The van der Waals surface area contributed by atoms with Crippen molar-refractivity contribution in [2.24, 2.45) is 0 Å². The van der Waals surface area contributed by atoms with Crippen molar-refractivity contribution in [2.75, 3.05) is 12.4 Å². The number of phenols is 1. The zero-order chi connectivity index (χ0) is 27.6. The number of fused-ring (bicyclic) bond motifs is 5. The van der Waals surface area contributed by atoms with Gasteiger partial charge < -0.3 is 19.9 Å². The number of phenolic OH excluding ortho intramolecular Hbond substituents is 1. The Labute approximate surface area is 226 Å². The molecule has 4 nitrogen and oxygen atoms in total. The second-order valence-electron chi connectivity index (χ2n) is 10.2. The Bertz CT molecular complexity index is 1490. The van der Waals surface area contributed by atoms with E-state index in [4.69, 9.17) is 9.47 Å².